The van der Waals surface area contributed by atoms with Gasteiger partial charge in [0, 0.05) is 6.42 Å². The predicted molar refractivity (Wildman–Crippen MR) is 42.5 cm³/mol. The van der Waals surface area contributed by atoms with E-state index in [0.29, 0.717) is 0 Å². The van der Waals surface area contributed by atoms with Gasteiger partial charge in [0.15, 0.2) is 0 Å². The molecule has 0 unspecified atom stereocenters. The molecule has 0 aliphatic rings. The van der Waals surface area contributed by atoms with Gasteiger partial charge in [-0.3, -0.25) is 9.78 Å². The van der Waals surface area contributed by atoms with Crippen LogP contribution in [-0.4, -0.2) is 16.1 Å². The van der Waals surface area contributed by atoms with Crippen LogP contribution in [0, 0.1) is 0 Å². The molecular formula is C8H13BrN2O2. The number of hydrogen-bond donors (Lipinski definition) is 2. The molecule has 1 aromatic heterocycles. The van der Waals surface area contributed by atoms with Crippen LogP contribution in [-0.2, 0) is 11.3 Å². The van der Waals surface area contributed by atoms with Crippen LogP contribution in [0.3, 0.4) is 0 Å². The Morgan fingerprint density at radius 1 is 1.46 bits per heavy atom. The molecule has 0 saturated heterocycles. The second kappa shape index (κ2) is 6.65. The Labute approximate surface area is 87.4 Å². The molecule has 0 atom stereocenters. The number of carbonyl (C=O) groups is 1. The summed E-state index contributed by atoms with van der Waals surface area (Å²) in [4.78, 5) is 13.1. The van der Waals surface area contributed by atoms with Crippen molar-refractivity contribution in [1.29, 1.82) is 0 Å². The van der Waals surface area contributed by atoms with Crippen LogP contribution in [0.5, 0.6) is 0 Å². The highest BCUT2D eigenvalue weighted by atomic mass is 79.9. The number of carboxylic acid groups (broad SMARTS) is 1. The minimum Gasteiger partial charge on any atom is -1.00 e. The molecule has 1 heterocycles. The second-order valence-electron chi connectivity index (χ2n) is 2.70. The average Bonchev–Trinajstić information content (AvgIpc) is 2.49. The SMILES string of the molecule is O=C(O)CCCC[n+]1cc[nH]c1.[Br-]. The molecule has 74 valence electrons. The number of H-pyrrole nitrogens is 1. The van der Waals surface area contributed by atoms with E-state index in [1.165, 1.54) is 0 Å². The fourth-order valence-corrected chi connectivity index (χ4v) is 1.03. The van der Waals surface area contributed by atoms with Crippen LogP contribution in [0.2, 0.25) is 0 Å². The van der Waals surface area contributed by atoms with E-state index in [2.05, 4.69) is 4.98 Å². The second-order valence-corrected chi connectivity index (χ2v) is 2.70. The monoisotopic (exact) mass is 248 g/mol. The molecule has 0 radical (unpaired) electrons. The van der Waals surface area contributed by atoms with E-state index < -0.39 is 5.97 Å². The number of nitrogens with zero attached hydrogens (tertiary/aromatic N) is 1. The molecule has 0 amide bonds. The molecule has 2 N–H and O–H groups in total. The molecule has 13 heavy (non-hydrogen) atoms. The number of carboxylic acids is 1. The van der Waals surface area contributed by atoms with Gasteiger partial charge in [-0.15, -0.1) is 0 Å². The number of imidazole rings is 1. The maximum Gasteiger partial charge on any atom is 0.303 e. The zero-order chi connectivity index (χ0) is 8.81. The van der Waals surface area contributed by atoms with E-state index in [0.717, 1.165) is 19.4 Å². The molecule has 1 aromatic rings. The van der Waals surface area contributed by atoms with Crippen molar-refractivity contribution < 1.29 is 31.4 Å². The molecule has 5 heteroatoms. The lowest BCUT2D eigenvalue weighted by Crippen LogP contribution is -3.00. The molecule has 0 fully saturated rings. The first kappa shape index (κ1) is 12.2. The fourth-order valence-electron chi connectivity index (χ4n) is 1.03. The smallest absolute Gasteiger partial charge is 0.303 e. The van der Waals surface area contributed by atoms with Crippen molar-refractivity contribution in [2.24, 2.45) is 0 Å². The largest absolute Gasteiger partial charge is 1.00 e. The predicted octanol–water partition coefficient (Wildman–Crippen LogP) is -2.44. The molecule has 4 nitrogen and oxygen atoms in total. The number of aliphatic carboxylic acids is 1. The number of halogens is 1. The summed E-state index contributed by atoms with van der Waals surface area (Å²) in [7, 11) is 0. The normalized spacial score (nSPS) is 9.23. The van der Waals surface area contributed by atoms with Crippen molar-refractivity contribution in [3.05, 3.63) is 18.7 Å². The Hall–Kier alpha value is -0.840. The zero-order valence-corrected chi connectivity index (χ0v) is 8.83. The van der Waals surface area contributed by atoms with Gasteiger partial charge in [-0.1, -0.05) is 0 Å². The molecule has 0 aromatic carbocycles. The number of aryl methyl sites for hydroxylation is 1. The van der Waals surface area contributed by atoms with Crippen molar-refractivity contribution in [3.8, 4) is 0 Å². The van der Waals surface area contributed by atoms with E-state index in [1.807, 2.05) is 23.3 Å². The summed E-state index contributed by atoms with van der Waals surface area (Å²) >= 11 is 0. The molecule has 0 bridgehead atoms. The van der Waals surface area contributed by atoms with Crippen molar-refractivity contribution in [1.82, 2.24) is 4.98 Å². The number of unbranched alkanes of at least 4 members (excludes halogenated alkanes) is 1. The van der Waals surface area contributed by atoms with Crippen LogP contribution in [0.4, 0.5) is 0 Å². The Morgan fingerprint density at radius 2 is 2.23 bits per heavy atom. The van der Waals surface area contributed by atoms with Gasteiger partial charge in [0.05, 0.1) is 6.54 Å². The Bertz CT molecular complexity index is 236. The first-order valence-electron chi connectivity index (χ1n) is 4.02. The number of rotatable bonds is 5. The number of hydrogen-bond acceptors (Lipinski definition) is 1. The summed E-state index contributed by atoms with van der Waals surface area (Å²) < 4.78 is 2.00. The number of aromatic nitrogens is 2. The Morgan fingerprint density at radius 3 is 2.77 bits per heavy atom. The summed E-state index contributed by atoms with van der Waals surface area (Å²) in [5.74, 6) is -0.714. The highest BCUT2D eigenvalue weighted by molar-refractivity contribution is 5.66. The molecule has 0 saturated carbocycles. The number of aromatic amines is 1. The summed E-state index contributed by atoms with van der Waals surface area (Å²) in [6, 6.07) is 0. The van der Waals surface area contributed by atoms with Gasteiger partial charge in [-0.05, 0) is 12.8 Å². The summed E-state index contributed by atoms with van der Waals surface area (Å²) in [6.45, 7) is 0.886. The van der Waals surface area contributed by atoms with Crippen LogP contribution >= 0.6 is 0 Å². The third-order valence-corrected chi connectivity index (χ3v) is 1.66. The van der Waals surface area contributed by atoms with Gasteiger partial charge >= 0.3 is 5.97 Å². The highest BCUT2D eigenvalue weighted by Crippen LogP contribution is 1.94. The van der Waals surface area contributed by atoms with Gasteiger partial charge in [-0.2, -0.15) is 0 Å². The quantitative estimate of drug-likeness (QED) is 0.450. The minimum atomic E-state index is -0.714. The van der Waals surface area contributed by atoms with Gasteiger partial charge in [-0.25, -0.2) is 4.57 Å². The lowest BCUT2D eigenvalue weighted by molar-refractivity contribution is -0.696. The summed E-state index contributed by atoms with van der Waals surface area (Å²) in [5, 5.41) is 8.36. The van der Waals surface area contributed by atoms with Crippen molar-refractivity contribution in [2.45, 2.75) is 25.8 Å². The van der Waals surface area contributed by atoms with E-state index in [4.69, 9.17) is 5.11 Å². The van der Waals surface area contributed by atoms with E-state index in [-0.39, 0.29) is 23.4 Å². The molecular weight excluding hydrogens is 236 g/mol. The highest BCUT2D eigenvalue weighted by Gasteiger charge is 1.99. The standard InChI is InChI=1S/C8H12N2O2.BrH/c11-8(12)3-1-2-5-10-6-4-9-7-10;/h4,6-7H,1-3,5H2,(H,11,12);1H. The van der Waals surface area contributed by atoms with E-state index in [1.54, 1.807) is 0 Å². The lowest BCUT2D eigenvalue weighted by Gasteiger charge is -1.94. The van der Waals surface area contributed by atoms with Gasteiger partial charge in [0.2, 0.25) is 6.33 Å². The fraction of sp³-hybridized carbons (Fsp3) is 0.500. The maximum absolute atomic E-state index is 10.1. The van der Waals surface area contributed by atoms with Gasteiger partial charge in [0.25, 0.3) is 0 Å². The van der Waals surface area contributed by atoms with Crippen LogP contribution in [0.15, 0.2) is 18.7 Å². The van der Waals surface area contributed by atoms with Crippen LogP contribution in [0.1, 0.15) is 19.3 Å². The minimum absolute atomic E-state index is 0. The van der Waals surface area contributed by atoms with E-state index in [9.17, 15) is 4.79 Å². The lowest BCUT2D eigenvalue weighted by atomic mass is 10.2. The van der Waals surface area contributed by atoms with Gasteiger partial charge < -0.3 is 22.1 Å². The number of nitrogens with one attached hydrogen (secondary N) is 1. The molecule has 1 rings (SSSR count). The molecule has 0 aliphatic heterocycles. The third kappa shape index (κ3) is 5.41. The van der Waals surface area contributed by atoms with Crippen molar-refractivity contribution in [3.63, 3.8) is 0 Å². The summed E-state index contributed by atoms with van der Waals surface area (Å²) in [5.41, 5.74) is 0. The topological polar surface area (TPSA) is 57.0 Å². The molecule has 0 spiro atoms. The first-order valence-corrected chi connectivity index (χ1v) is 4.02. The molecule has 0 aliphatic carbocycles. The maximum atomic E-state index is 10.1. The first-order chi connectivity index (χ1) is 5.79. The van der Waals surface area contributed by atoms with Crippen molar-refractivity contribution in [2.75, 3.05) is 0 Å². The summed E-state index contributed by atoms with van der Waals surface area (Å²) in [6.07, 6.45) is 7.56. The Kier molecular flexibility index (Phi) is 6.22. The Balaban J connectivity index is 0.00000144. The van der Waals surface area contributed by atoms with Crippen LogP contribution < -0.4 is 21.5 Å². The van der Waals surface area contributed by atoms with E-state index >= 15 is 0 Å². The zero-order valence-electron chi connectivity index (χ0n) is 7.24. The van der Waals surface area contributed by atoms with Crippen LogP contribution in [0.25, 0.3) is 0 Å². The van der Waals surface area contributed by atoms with Crippen molar-refractivity contribution >= 4 is 5.97 Å². The van der Waals surface area contributed by atoms with Gasteiger partial charge in [0.1, 0.15) is 12.4 Å². The average molecular weight is 249 g/mol. The third-order valence-electron chi connectivity index (χ3n) is 1.66.